The summed E-state index contributed by atoms with van der Waals surface area (Å²) in [5.74, 6) is -0.787. The first-order valence-electron chi connectivity index (χ1n) is 5.59. The summed E-state index contributed by atoms with van der Waals surface area (Å²) in [5, 5.41) is 0. The zero-order valence-electron chi connectivity index (χ0n) is 10.0. The Morgan fingerprint density at radius 1 is 1.11 bits per heavy atom. The first kappa shape index (κ1) is 13.5. The minimum Gasteiger partial charge on any atom is -0.326 e. The summed E-state index contributed by atoms with van der Waals surface area (Å²) in [4.78, 5) is -0.381. The maximum atomic E-state index is 13.5. The molecule has 4 nitrogen and oxygen atoms in total. The van der Waals surface area contributed by atoms with Gasteiger partial charge in [0.15, 0.2) is 0 Å². The van der Waals surface area contributed by atoms with E-state index in [9.17, 15) is 12.8 Å². The van der Waals surface area contributed by atoms with Crippen LogP contribution in [0.2, 0.25) is 0 Å². The first-order chi connectivity index (χ1) is 9.03. The molecule has 0 heterocycles. The molecule has 100 valence electrons. The van der Waals surface area contributed by atoms with Crippen molar-refractivity contribution in [3.8, 4) is 0 Å². The predicted octanol–water partition coefficient (Wildman–Crippen LogP) is 2.09. The molecular weight excluding hydrogens is 267 g/mol. The summed E-state index contributed by atoms with van der Waals surface area (Å²) in [6.07, 6.45) is 0. The Hall–Kier alpha value is -1.92. The van der Waals surface area contributed by atoms with Crippen LogP contribution >= 0.6 is 0 Å². The molecule has 0 aliphatic rings. The van der Waals surface area contributed by atoms with Gasteiger partial charge in [-0.1, -0.05) is 24.3 Å². The van der Waals surface area contributed by atoms with Gasteiger partial charge in [-0.25, -0.2) is 12.8 Å². The van der Waals surface area contributed by atoms with E-state index in [1.54, 1.807) is 24.3 Å². The fourth-order valence-corrected chi connectivity index (χ4v) is 2.76. The second kappa shape index (κ2) is 5.38. The number of halogens is 1. The Morgan fingerprint density at radius 2 is 1.84 bits per heavy atom. The fourth-order valence-electron chi connectivity index (χ4n) is 1.63. The highest BCUT2D eigenvalue weighted by atomic mass is 32.2. The minimum atomic E-state index is -3.93. The Bertz CT molecular complexity index is 687. The highest BCUT2D eigenvalue weighted by Gasteiger charge is 2.18. The molecule has 0 atom stereocenters. The summed E-state index contributed by atoms with van der Waals surface area (Å²) in [7, 11) is -3.93. The van der Waals surface area contributed by atoms with Crippen molar-refractivity contribution in [2.24, 2.45) is 5.73 Å². The van der Waals surface area contributed by atoms with Crippen LogP contribution < -0.4 is 10.5 Å². The van der Waals surface area contributed by atoms with Gasteiger partial charge in [0, 0.05) is 12.2 Å². The monoisotopic (exact) mass is 280 g/mol. The van der Waals surface area contributed by atoms with Crippen LogP contribution in [0.1, 0.15) is 5.56 Å². The lowest BCUT2D eigenvalue weighted by atomic mass is 10.2. The van der Waals surface area contributed by atoms with Gasteiger partial charge in [0.2, 0.25) is 0 Å². The van der Waals surface area contributed by atoms with Crippen LogP contribution in [0.25, 0.3) is 0 Å². The summed E-state index contributed by atoms with van der Waals surface area (Å²) >= 11 is 0. The number of rotatable bonds is 4. The van der Waals surface area contributed by atoms with E-state index in [0.29, 0.717) is 12.2 Å². The molecule has 0 spiro atoms. The van der Waals surface area contributed by atoms with Gasteiger partial charge in [0.1, 0.15) is 10.7 Å². The predicted molar refractivity (Wildman–Crippen MR) is 71.5 cm³/mol. The van der Waals surface area contributed by atoms with Gasteiger partial charge in [0.05, 0.1) is 0 Å². The Kier molecular flexibility index (Phi) is 3.82. The van der Waals surface area contributed by atoms with Crippen molar-refractivity contribution in [2.75, 3.05) is 4.72 Å². The molecule has 2 aromatic carbocycles. The van der Waals surface area contributed by atoms with Crippen LogP contribution in [-0.4, -0.2) is 8.42 Å². The van der Waals surface area contributed by atoms with Gasteiger partial charge in [-0.15, -0.1) is 0 Å². The zero-order chi connectivity index (χ0) is 13.9. The van der Waals surface area contributed by atoms with Gasteiger partial charge < -0.3 is 5.73 Å². The molecule has 6 heteroatoms. The fraction of sp³-hybridized carbons (Fsp3) is 0.0769. The molecule has 0 bridgehead atoms. The normalized spacial score (nSPS) is 11.3. The number of sulfonamides is 1. The second-order valence-electron chi connectivity index (χ2n) is 3.94. The lowest BCUT2D eigenvalue weighted by molar-refractivity contribution is 0.570. The molecule has 0 aliphatic heterocycles. The molecule has 3 N–H and O–H groups in total. The van der Waals surface area contributed by atoms with Crippen LogP contribution in [0, 0.1) is 5.82 Å². The van der Waals surface area contributed by atoms with Crippen molar-refractivity contribution in [1.29, 1.82) is 0 Å². The minimum absolute atomic E-state index is 0.301. The highest BCUT2D eigenvalue weighted by Crippen LogP contribution is 2.19. The average molecular weight is 280 g/mol. The first-order valence-corrected chi connectivity index (χ1v) is 7.07. The lowest BCUT2D eigenvalue weighted by Gasteiger charge is -2.09. The lowest BCUT2D eigenvalue weighted by Crippen LogP contribution is -2.14. The third-order valence-electron chi connectivity index (χ3n) is 2.54. The maximum absolute atomic E-state index is 13.5. The molecule has 0 fully saturated rings. The Labute approximate surface area is 111 Å². The van der Waals surface area contributed by atoms with Crippen LogP contribution in [0.3, 0.4) is 0 Å². The smallest absolute Gasteiger partial charge is 0.264 e. The topological polar surface area (TPSA) is 72.2 Å². The molecule has 0 saturated carbocycles. The van der Waals surface area contributed by atoms with Crippen molar-refractivity contribution < 1.29 is 12.8 Å². The van der Waals surface area contributed by atoms with Crippen molar-refractivity contribution in [3.63, 3.8) is 0 Å². The number of anilines is 1. The number of nitrogens with two attached hydrogens (primary N) is 1. The Balaban J connectivity index is 2.34. The van der Waals surface area contributed by atoms with Gasteiger partial charge in [-0.2, -0.15) is 0 Å². The summed E-state index contributed by atoms with van der Waals surface area (Å²) in [6, 6.07) is 11.9. The standard InChI is InChI=1S/C13H13FN2O2S/c14-12-6-1-2-7-13(12)19(17,18)16-11-5-3-4-10(8-11)9-15/h1-8,16H,9,15H2. The molecular formula is C13H13FN2O2S. The Morgan fingerprint density at radius 3 is 2.53 bits per heavy atom. The van der Waals surface area contributed by atoms with E-state index in [0.717, 1.165) is 11.6 Å². The van der Waals surface area contributed by atoms with E-state index in [4.69, 9.17) is 5.73 Å². The molecule has 19 heavy (non-hydrogen) atoms. The summed E-state index contributed by atoms with van der Waals surface area (Å²) < 4.78 is 39.9. The summed E-state index contributed by atoms with van der Waals surface area (Å²) in [6.45, 7) is 0.301. The van der Waals surface area contributed by atoms with E-state index in [2.05, 4.69) is 4.72 Å². The molecule has 0 aromatic heterocycles. The van der Waals surface area contributed by atoms with Crippen LogP contribution in [-0.2, 0) is 16.6 Å². The van der Waals surface area contributed by atoms with Crippen LogP contribution in [0.4, 0.5) is 10.1 Å². The third-order valence-corrected chi connectivity index (χ3v) is 3.96. The molecule has 2 aromatic rings. The van der Waals surface area contributed by atoms with Crippen molar-refractivity contribution in [2.45, 2.75) is 11.4 Å². The van der Waals surface area contributed by atoms with E-state index in [1.165, 1.54) is 18.2 Å². The average Bonchev–Trinajstić information content (AvgIpc) is 2.38. The SMILES string of the molecule is NCc1cccc(NS(=O)(=O)c2ccccc2F)c1. The molecule has 0 radical (unpaired) electrons. The highest BCUT2D eigenvalue weighted by molar-refractivity contribution is 7.92. The van der Waals surface area contributed by atoms with Gasteiger partial charge in [0.25, 0.3) is 10.0 Å². The van der Waals surface area contributed by atoms with E-state index >= 15 is 0 Å². The number of hydrogen-bond acceptors (Lipinski definition) is 3. The quantitative estimate of drug-likeness (QED) is 0.900. The molecule has 0 amide bonds. The molecule has 0 saturated heterocycles. The maximum Gasteiger partial charge on any atom is 0.264 e. The van der Waals surface area contributed by atoms with E-state index in [-0.39, 0.29) is 4.90 Å². The van der Waals surface area contributed by atoms with Crippen LogP contribution in [0.15, 0.2) is 53.4 Å². The van der Waals surface area contributed by atoms with Crippen molar-refractivity contribution >= 4 is 15.7 Å². The zero-order valence-corrected chi connectivity index (χ0v) is 10.8. The number of nitrogens with one attached hydrogen (secondary N) is 1. The summed E-state index contributed by atoms with van der Waals surface area (Å²) in [5.41, 5.74) is 6.62. The molecule has 0 unspecified atom stereocenters. The van der Waals surface area contributed by atoms with Gasteiger partial charge in [-0.3, -0.25) is 4.72 Å². The van der Waals surface area contributed by atoms with Gasteiger partial charge in [-0.05, 0) is 29.8 Å². The second-order valence-corrected chi connectivity index (χ2v) is 5.59. The van der Waals surface area contributed by atoms with E-state index in [1.807, 2.05) is 0 Å². The van der Waals surface area contributed by atoms with Crippen molar-refractivity contribution in [1.82, 2.24) is 0 Å². The van der Waals surface area contributed by atoms with E-state index < -0.39 is 15.8 Å². The number of benzene rings is 2. The third kappa shape index (κ3) is 3.10. The number of hydrogen-bond donors (Lipinski definition) is 2. The van der Waals surface area contributed by atoms with Gasteiger partial charge >= 0.3 is 0 Å². The molecule has 0 aliphatic carbocycles. The largest absolute Gasteiger partial charge is 0.326 e. The van der Waals surface area contributed by atoms with Crippen LogP contribution in [0.5, 0.6) is 0 Å². The van der Waals surface area contributed by atoms with Crippen molar-refractivity contribution in [3.05, 3.63) is 59.9 Å². The molecule has 2 rings (SSSR count).